The summed E-state index contributed by atoms with van der Waals surface area (Å²) < 4.78 is 6.70. The average molecular weight is 372 g/mol. The van der Waals surface area contributed by atoms with Crippen molar-refractivity contribution < 1.29 is 14.3 Å². The standard InChI is InChI=1S/C18H24N6O3/c1-14-12-21-15(13-20-14)16(25)23-9-4-18(5-10-23,24-8-3-6-22-24)17(26)19-7-11-27-2/h3,6,8,12-13H,4-5,7,9-11H2,1-2H3,(H,19,26). The number of rotatable bonds is 6. The van der Waals surface area contributed by atoms with Crippen molar-refractivity contribution in [3.05, 3.63) is 42.2 Å². The Hall–Kier alpha value is -2.81. The van der Waals surface area contributed by atoms with Crippen LogP contribution in [-0.2, 0) is 15.1 Å². The lowest BCUT2D eigenvalue weighted by molar-refractivity contribution is -0.133. The predicted molar refractivity (Wildman–Crippen MR) is 97.0 cm³/mol. The van der Waals surface area contributed by atoms with E-state index in [0.717, 1.165) is 5.69 Å². The molecule has 2 aromatic heterocycles. The second-order valence-electron chi connectivity index (χ2n) is 6.57. The molecule has 3 rings (SSSR count). The highest BCUT2D eigenvalue weighted by atomic mass is 16.5. The van der Waals surface area contributed by atoms with Crippen LogP contribution in [0.15, 0.2) is 30.9 Å². The van der Waals surface area contributed by atoms with Crippen molar-refractivity contribution in [1.29, 1.82) is 0 Å². The molecule has 27 heavy (non-hydrogen) atoms. The molecule has 0 unspecified atom stereocenters. The zero-order valence-electron chi connectivity index (χ0n) is 15.6. The maximum atomic E-state index is 12.9. The summed E-state index contributed by atoms with van der Waals surface area (Å²) in [6.07, 6.45) is 7.46. The third-order valence-electron chi connectivity index (χ3n) is 4.84. The Balaban J connectivity index is 1.73. The van der Waals surface area contributed by atoms with Gasteiger partial charge in [-0.3, -0.25) is 19.3 Å². The fraction of sp³-hybridized carbons (Fsp3) is 0.500. The number of methoxy groups -OCH3 is 1. The van der Waals surface area contributed by atoms with Crippen LogP contribution >= 0.6 is 0 Å². The van der Waals surface area contributed by atoms with E-state index in [2.05, 4.69) is 20.4 Å². The molecule has 1 aliphatic rings. The Morgan fingerprint density at radius 3 is 2.63 bits per heavy atom. The molecule has 0 atom stereocenters. The van der Waals surface area contributed by atoms with Crippen molar-refractivity contribution in [2.45, 2.75) is 25.3 Å². The number of hydrogen-bond acceptors (Lipinski definition) is 6. The van der Waals surface area contributed by atoms with Crippen LogP contribution < -0.4 is 5.32 Å². The minimum atomic E-state index is -0.813. The Morgan fingerprint density at radius 2 is 2.04 bits per heavy atom. The molecule has 0 bridgehead atoms. The number of piperidine rings is 1. The summed E-state index contributed by atoms with van der Waals surface area (Å²) in [5.41, 5.74) is 0.264. The molecule has 1 aliphatic heterocycles. The second-order valence-corrected chi connectivity index (χ2v) is 6.57. The Bertz CT molecular complexity index is 767. The number of carbonyl (C=O) groups excluding carboxylic acids is 2. The molecule has 2 amide bonds. The van der Waals surface area contributed by atoms with Gasteiger partial charge in [-0.1, -0.05) is 0 Å². The Labute approximate surface area is 157 Å². The number of hydrogen-bond donors (Lipinski definition) is 1. The second kappa shape index (κ2) is 8.26. The molecule has 9 nitrogen and oxygen atoms in total. The summed E-state index contributed by atoms with van der Waals surface area (Å²) in [6.45, 7) is 3.57. The molecular weight excluding hydrogens is 348 g/mol. The van der Waals surface area contributed by atoms with Gasteiger partial charge in [0.1, 0.15) is 11.2 Å². The van der Waals surface area contributed by atoms with E-state index in [4.69, 9.17) is 4.74 Å². The molecule has 0 aromatic carbocycles. The first-order valence-corrected chi connectivity index (χ1v) is 8.92. The van der Waals surface area contributed by atoms with Crippen LogP contribution in [0, 0.1) is 6.92 Å². The van der Waals surface area contributed by atoms with E-state index < -0.39 is 5.54 Å². The highest BCUT2D eigenvalue weighted by molar-refractivity contribution is 5.92. The van der Waals surface area contributed by atoms with E-state index in [1.54, 1.807) is 41.3 Å². The van der Waals surface area contributed by atoms with Crippen LogP contribution in [0.1, 0.15) is 29.0 Å². The summed E-state index contributed by atoms with van der Waals surface area (Å²) in [5.74, 6) is -0.276. The Morgan fingerprint density at radius 1 is 1.26 bits per heavy atom. The SMILES string of the molecule is COCCNC(=O)C1(n2cccn2)CCN(C(=O)c2cnc(C)cn2)CC1. The van der Waals surface area contributed by atoms with Crippen LogP contribution in [0.5, 0.6) is 0 Å². The highest BCUT2D eigenvalue weighted by Crippen LogP contribution is 2.30. The van der Waals surface area contributed by atoms with E-state index in [1.807, 2.05) is 6.92 Å². The van der Waals surface area contributed by atoms with E-state index in [1.165, 1.54) is 6.20 Å². The quantitative estimate of drug-likeness (QED) is 0.736. The van der Waals surface area contributed by atoms with Crippen LogP contribution in [0.3, 0.4) is 0 Å². The highest BCUT2D eigenvalue weighted by Gasteiger charge is 2.44. The zero-order valence-corrected chi connectivity index (χ0v) is 15.6. The molecule has 0 aliphatic carbocycles. The van der Waals surface area contributed by atoms with E-state index in [0.29, 0.717) is 44.8 Å². The summed E-state index contributed by atoms with van der Waals surface area (Å²) >= 11 is 0. The van der Waals surface area contributed by atoms with Crippen molar-refractivity contribution in [1.82, 2.24) is 30.0 Å². The van der Waals surface area contributed by atoms with E-state index in [-0.39, 0.29) is 11.8 Å². The molecule has 1 saturated heterocycles. The molecule has 0 saturated carbocycles. The van der Waals surface area contributed by atoms with E-state index in [9.17, 15) is 9.59 Å². The monoisotopic (exact) mass is 372 g/mol. The Kier molecular flexibility index (Phi) is 5.80. The molecule has 0 spiro atoms. The average Bonchev–Trinajstić information content (AvgIpc) is 3.23. The predicted octanol–water partition coefficient (Wildman–Crippen LogP) is 0.376. The molecule has 1 fully saturated rings. The van der Waals surface area contributed by atoms with Crippen molar-refractivity contribution >= 4 is 11.8 Å². The maximum Gasteiger partial charge on any atom is 0.274 e. The van der Waals surface area contributed by atoms with Crippen molar-refractivity contribution in [3.63, 3.8) is 0 Å². The molecule has 144 valence electrons. The van der Waals surface area contributed by atoms with Crippen molar-refractivity contribution in [2.24, 2.45) is 0 Å². The van der Waals surface area contributed by atoms with Gasteiger partial charge in [-0.05, 0) is 25.8 Å². The topological polar surface area (TPSA) is 102 Å². The minimum Gasteiger partial charge on any atom is -0.383 e. The van der Waals surface area contributed by atoms with Gasteiger partial charge < -0.3 is 15.0 Å². The number of likely N-dealkylation sites (tertiary alicyclic amines) is 1. The van der Waals surface area contributed by atoms with Gasteiger partial charge in [0.05, 0.1) is 18.5 Å². The maximum absolute atomic E-state index is 12.9. The van der Waals surface area contributed by atoms with E-state index >= 15 is 0 Å². The largest absolute Gasteiger partial charge is 0.383 e. The van der Waals surface area contributed by atoms with Gasteiger partial charge in [0.2, 0.25) is 5.91 Å². The summed E-state index contributed by atoms with van der Waals surface area (Å²) in [4.78, 5) is 35.6. The normalized spacial score (nSPS) is 16.1. The van der Waals surface area contributed by atoms with Crippen LogP contribution in [0.2, 0.25) is 0 Å². The van der Waals surface area contributed by atoms with Gasteiger partial charge in [0.25, 0.3) is 5.91 Å². The van der Waals surface area contributed by atoms with Gasteiger partial charge in [-0.15, -0.1) is 0 Å². The van der Waals surface area contributed by atoms with Gasteiger partial charge in [0.15, 0.2) is 0 Å². The first-order valence-electron chi connectivity index (χ1n) is 8.92. The third kappa shape index (κ3) is 3.97. The van der Waals surface area contributed by atoms with Crippen molar-refractivity contribution in [3.8, 4) is 0 Å². The molecule has 3 heterocycles. The number of amides is 2. The summed E-state index contributed by atoms with van der Waals surface area (Å²) in [6, 6.07) is 1.80. The lowest BCUT2D eigenvalue weighted by Crippen LogP contribution is -2.56. The molecule has 2 aromatic rings. The molecule has 0 radical (unpaired) electrons. The first-order chi connectivity index (χ1) is 13.1. The number of carbonyl (C=O) groups is 2. The number of nitrogens with zero attached hydrogens (tertiary/aromatic N) is 5. The smallest absolute Gasteiger partial charge is 0.274 e. The van der Waals surface area contributed by atoms with Gasteiger partial charge >= 0.3 is 0 Å². The summed E-state index contributed by atoms with van der Waals surface area (Å²) in [5, 5.41) is 7.21. The fourth-order valence-electron chi connectivity index (χ4n) is 3.26. The van der Waals surface area contributed by atoms with Crippen LogP contribution in [0.4, 0.5) is 0 Å². The lowest BCUT2D eigenvalue weighted by Gasteiger charge is -2.40. The van der Waals surface area contributed by atoms with Gasteiger partial charge in [-0.2, -0.15) is 5.10 Å². The number of aryl methyl sites for hydroxylation is 1. The minimum absolute atomic E-state index is 0.106. The lowest BCUT2D eigenvalue weighted by atomic mass is 9.86. The van der Waals surface area contributed by atoms with Crippen molar-refractivity contribution in [2.75, 3.05) is 33.4 Å². The number of ether oxygens (including phenoxy) is 1. The number of aromatic nitrogens is 4. The molecule has 1 N–H and O–H groups in total. The van der Waals surface area contributed by atoms with Gasteiger partial charge in [0, 0.05) is 45.3 Å². The number of nitrogens with one attached hydrogen (secondary N) is 1. The van der Waals surface area contributed by atoms with Crippen LogP contribution in [-0.4, -0.2) is 69.8 Å². The molecular formula is C18H24N6O3. The zero-order chi connectivity index (χ0) is 19.3. The first kappa shape index (κ1) is 19.0. The van der Waals surface area contributed by atoms with Crippen LogP contribution in [0.25, 0.3) is 0 Å². The summed E-state index contributed by atoms with van der Waals surface area (Å²) in [7, 11) is 1.59. The van der Waals surface area contributed by atoms with Gasteiger partial charge in [-0.25, -0.2) is 4.98 Å². The fourth-order valence-corrected chi connectivity index (χ4v) is 3.26. The third-order valence-corrected chi connectivity index (χ3v) is 4.84. The molecule has 9 heteroatoms.